The van der Waals surface area contributed by atoms with Gasteiger partial charge in [0.2, 0.25) is 0 Å². The van der Waals surface area contributed by atoms with E-state index >= 15 is 0 Å². The number of rotatable bonds is 2. The standard InChI is InChI=1S/C14H11F2N3/c1-9-8-17-19-12(13(15)16)7-11(18-14(9)19)10-5-3-2-4-6-10/h2-8,13H,1H3. The van der Waals surface area contributed by atoms with Crippen molar-refractivity contribution in [3.8, 4) is 11.3 Å². The first-order valence-corrected chi connectivity index (χ1v) is 5.85. The van der Waals surface area contributed by atoms with Crippen molar-refractivity contribution in [2.75, 3.05) is 0 Å². The highest BCUT2D eigenvalue weighted by molar-refractivity contribution is 5.63. The molecule has 0 spiro atoms. The summed E-state index contributed by atoms with van der Waals surface area (Å²) in [5.41, 5.74) is 2.45. The van der Waals surface area contributed by atoms with Gasteiger partial charge >= 0.3 is 0 Å². The van der Waals surface area contributed by atoms with Crippen molar-refractivity contribution in [1.29, 1.82) is 0 Å². The smallest absolute Gasteiger partial charge is 0.228 e. The van der Waals surface area contributed by atoms with Crippen molar-refractivity contribution in [2.24, 2.45) is 0 Å². The Kier molecular flexibility index (Phi) is 2.74. The molecule has 0 aliphatic heterocycles. The van der Waals surface area contributed by atoms with Crippen LogP contribution in [0.5, 0.6) is 0 Å². The van der Waals surface area contributed by atoms with Gasteiger partial charge in [0.1, 0.15) is 5.69 Å². The molecule has 5 heteroatoms. The van der Waals surface area contributed by atoms with E-state index in [4.69, 9.17) is 0 Å². The van der Waals surface area contributed by atoms with Crippen LogP contribution in [0.1, 0.15) is 17.7 Å². The lowest BCUT2D eigenvalue weighted by molar-refractivity contribution is 0.143. The largest absolute Gasteiger partial charge is 0.280 e. The summed E-state index contributed by atoms with van der Waals surface area (Å²) < 4.78 is 27.4. The predicted octanol–water partition coefficient (Wildman–Crippen LogP) is 3.64. The Morgan fingerprint density at radius 1 is 1.16 bits per heavy atom. The van der Waals surface area contributed by atoms with E-state index in [-0.39, 0.29) is 5.69 Å². The van der Waals surface area contributed by atoms with Crippen molar-refractivity contribution in [3.63, 3.8) is 0 Å². The van der Waals surface area contributed by atoms with Gasteiger partial charge in [-0.05, 0) is 13.0 Å². The van der Waals surface area contributed by atoms with E-state index in [1.165, 1.54) is 10.6 Å². The van der Waals surface area contributed by atoms with Crippen LogP contribution >= 0.6 is 0 Å². The van der Waals surface area contributed by atoms with Crippen LogP contribution in [0.15, 0.2) is 42.6 Å². The number of fused-ring (bicyclic) bond motifs is 1. The van der Waals surface area contributed by atoms with Gasteiger partial charge in [0, 0.05) is 11.1 Å². The zero-order valence-corrected chi connectivity index (χ0v) is 10.2. The predicted molar refractivity (Wildman–Crippen MR) is 68.1 cm³/mol. The minimum atomic E-state index is -2.59. The number of aromatic nitrogens is 3. The second-order valence-electron chi connectivity index (χ2n) is 4.30. The fourth-order valence-corrected chi connectivity index (χ4v) is 2.01. The Labute approximate surface area is 108 Å². The van der Waals surface area contributed by atoms with Crippen molar-refractivity contribution >= 4 is 5.65 Å². The number of aryl methyl sites for hydroxylation is 1. The Balaban J connectivity index is 2.30. The number of nitrogens with zero attached hydrogens (tertiary/aromatic N) is 3. The molecule has 0 amide bonds. The molecule has 0 radical (unpaired) electrons. The van der Waals surface area contributed by atoms with Crippen LogP contribution in [0, 0.1) is 6.92 Å². The molecule has 0 unspecified atom stereocenters. The first-order valence-electron chi connectivity index (χ1n) is 5.85. The van der Waals surface area contributed by atoms with E-state index in [1.54, 1.807) is 13.1 Å². The summed E-state index contributed by atoms with van der Waals surface area (Å²) in [6, 6.07) is 10.7. The molecule has 0 saturated heterocycles. The summed E-state index contributed by atoms with van der Waals surface area (Å²) in [4.78, 5) is 4.42. The van der Waals surface area contributed by atoms with E-state index < -0.39 is 6.43 Å². The lowest BCUT2D eigenvalue weighted by Gasteiger charge is -2.07. The third-order valence-corrected chi connectivity index (χ3v) is 2.97. The molecule has 0 atom stereocenters. The van der Waals surface area contributed by atoms with Crippen LogP contribution in [-0.4, -0.2) is 14.6 Å². The number of hydrogen-bond acceptors (Lipinski definition) is 2. The van der Waals surface area contributed by atoms with E-state index in [9.17, 15) is 8.78 Å². The third-order valence-electron chi connectivity index (χ3n) is 2.97. The zero-order valence-electron chi connectivity index (χ0n) is 10.2. The lowest BCUT2D eigenvalue weighted by atomic mass is 10.1. The monoisotopic (exact) mass is 259 g/mol. The van der Waals surface area contributed by atoms with E-state index in [0.29, 0.717) is 11.3 Å². The topological polar surface area (TPSA) is 30.2 Å². The molecule has 19 heavy (non-hydrogen) atoms. The molecule has 0 saturated carbocycles. The highest BCUT2D eigenvalue weighted by Gasteiger charge is 2.17. The number of halogens is 2. The Hall–Kier alpha value is -2.30. The number of alkyl halides is 2. The first-order chi connectivity index (χ1) is 9.16. The van der Waals surface area contributed by atoms with Gasteiger partial charge in [-0.15, -0.1) is 0 Å². The molecule has 0 bridgehead atoms. The first kappa shape index (κ1) is 11.8. The summed E-state index contributed by atoms with van der Waals surface area (Å²) in [6.07, 6.45) is -1.05. The van der Waals surface area contributed by atoms with Crippen molar-refractivity contribution in [3.05, 3.63) is 53.9 Å². The zero-order chi connectivity index (χ0) is 13.4. The molecule has 0 N–H and O–H groups in total. The minimum Gasteiger partial charge on any atom is -0.228 e. The van der Waals surface area contributed by atoms with Crippen molar-refractivity contribution < 1.29 is 8.78 Å². The molecule has 0 fully saturated rings. The fourth-order valence-electron chi connectivity index (χ4n) is 2.01. The Morgan fingerprint density at radius 3 is 2.58 bits per heavy atom. The maximum Gasteiger partial charge on any atom is 0.280 e. The maximum atomic E-state index is 13.1. The van der Waals surface area contributed by atoms with E-state index in [0.717, 1.165) is 11.1 Å². The molecular formula is C14H11F2N3. The van der Waals surface area contributed by atoms with E-state index in [1.807, 2.05) is 30.3 Å². The van der Waals surface area contributed by atoms with Crippen LogP contribution in [0.25, 0.3) is 16.9 Å². The molecule has 3 rings (SSSR count). The molecule has 3 aromatic rings. The SMILES string of the molecule is Cc1cnn2c(C(F)F)cc(-c3ccccc3)nc12. The molecule has 0 aliphatic carbocycles. The van der Waals surface area contributed by atoms with Crippen molar-refractivity contribution in [2.45, 2.75) is 13.3 Å². The normalized spacial score (nSPS) is 11.4. The molecule has 3 nitrogen and oxygen atoms in total. The minimum absolute atomic E-state index is 0.142. The summed E-state index contributed by atoms with van der Waals surface area (Å²) in [7, 11) is 0. The Bertz CT molecular complexity index is 720. The molecule has 96 valence electrons. The second kappa shape index (κ2) is 4.42. The van der Waals surface area contributed by atoms with Crippen LogP contribution in [-0.2, 0) is 0 Å². The Morgan fingerprint density at radius 2 is 1.89 bits per heavy atom. The van der Waals surface area contributed by atoms with Crippen LogP contribution in [0.2, 0.25) is 0 Å². The summed E-state index contributed by atoms with van der Waals surface area (Å²) in [5, 5.41) is 3.95. The van der Waals surface area contributed by atoms with Crippen molar-refractivity contribution in [1.82, 2.24) is 14.6 Å². The molecular weight excluding hydrogens is 248 g/mol. The lowest BCUT2D eigenvalue weighted by Crippen LogP contribution is -2.02. The van der Waals surface area contributed by atoms with Crippen LogP contribution in [0.3, 0.4) is 0 Å². The average molecular weight is 259 g/mol. The van der Waals surface area contributed by atoms with Gasteiger partial charge in [-0.3, -0.25) is 0 Å². The van der Waals surface area contributed by atoms with Gasteiger partial charge in [-0.25, -0.2) is 18.3 Å². The molecule has 2 aromatic heterocycles. The molecule has 1 aromatic carbocycles. The molecule has 2 heterocycles. The summed E-state index contributed by atoms with van der Waals surface area (Å²) in [5.74, 6) is 0. The van der Waals surface area contributed by atoms with Gasteiger partial charge in [0.15, 0.2) is 5.65 Å². The molecule has 0 aliphatic rings. The maximum absolute atomic E-state index is 13.1. The number of benzene rings is 1. The average Bonchev–Trinajstić information content (AvgIpc) is 2.80. The second-order valence-corrected chi connectivity index (χ2v) is 4.30. The summed E-state index contributed by atoms with van der Waals surface area (Å²) in [6.45, 7) is 1.80. The van der Waals surface area contributed by atoms with Gasteiger partial charge < -0.3 is 0 Å². The van der Waals surface area contributed by atoms with E-state index in [2.05, 4.69) is 10.1 Å². The highest BCUT2D eigenvalue weighted by Crippen LogP contribution is 2.26. The van der Waals surface area contributed by atoms with Gasteiger partial charge in [-0.1, -0.05) is 30.3 Å². The fraction of sp³-hybridized carbons (Fsp3) is 0.143. The quantitative estimate of drug-likeness (QED) is 0.703. The van der Waals surface area contributed by atoms with Crippen LogP contribution < -0.4 is 0 Å². The third kappa shape index (κ3) is 1.97. The van der Waals surface area contributed by atoms with Crippen LogP contribution in [0.4, 0.5) is 8.78 Å². The number of hydrogen-bond donors (Lipinski definition) is 0. The van der Waals surface area contributed by atoms with Gasteiger partial charge in [-0.2, -0.15) is 5.10 Å². The van der Waals surface area contributed by atoms with Gasteiger partial charge in [0.25, 0.3) is 6.43 Å². The van der Waals surface area contributed by atoms with Gasteiger partial charge in [0.05, 0.1) is 11.9 Å². The highest BCUT2D eigenvalue weighted by atomic mass is 19.3. The summed E-state index contributed by atoms with van der Waals surface area (Å²) >= 11 is 0.